The SMILES string of the molecule is Fc1ccc(N2CCN(c3nc(CCl)cs3)CC2)cc1. The molecule has 0 aliphatic carbocycles. The van der Waals surface area contributed by atoms with Crippen molar-refractivity contribution in [1.82, 2.24) is 4.98 Å². The van der Waals surface area contributed by atoms with Crippen LogP contribution in [0.15, 0.2) is 29.6 Å². The Balaban J connectivity index is 1.63. The van der Waals surface area contributed by atoms with Gasteiger partial charge in [0.2, 0.25) is 0 Å². The van der Waals surface area contributed by atoms with E-state index in [9.17, 15) is 4.39 Å². The maximum absolute atomic E-state index is 12.9. The number of alkyl halides is 1. The van der Waals surface area contributed by atoms with Crippen molar-refractivity contribution in [2.24, 2.45) is 0 Å². The van der Waals surface area contributed by atoms with Gasteiger partial charge in [-0.1, -0.05) is 0 Å². The number of benzene rings is 1. The van der Waals surface area contributed by atoms with Gasteiger partial charge in [0.1, 0.15) is 5.82 Å². The predicted octanol–water partition coefficient (Wildman–Crippen LogP) is 3.35. The van der Waals surface area contributed by atoms with Crippen LogP contribution in [-0.2, 0) is 5.88 Å². The van der Waals surface area contributed by atoms with E-state index in [1.807, 2.05) is 17.5 Å². The van der Waals surface area contributed by atoms with Gasteiger partial charge in [-0.15, -0.1) is 22.9 Å². The van der Waals surface area contributed by atoms with Crippen LogP contribution >= 0.6 is 22.9 Å². The summed E-state index contributed by atoms with van der Waals surface area (Å²) in [6, 6.07) is 6.69. The molecule has 1 aliphatic rings. The molecule has 0 bridgehead atoms. The Morgan fingerprint density at radius 3 is 2.35 bits per heavy atom. The number of anilines is 2. The molecule has 6 heteroatoms. The normalized spacial score (nSPS) is 15.7. The lowest BCUT2D eigenvalue weighted by Crippen LogP contribution is -2.46. The Morgan fingerprint density at radius 1 is 1.10 bits per heavy atom. The van der Waals surface area contributed by atoms with Crippen molar-refractivity contribution in [3.63, 3.8) is 0 Å². The van der Waals surface area contributed by atoms with E-state index in [1.165, 1.54) is 12.1 Å². The highest BCUT2D eigenvalue weighted by atomic mass is 35.5. The Bertz CT molecular complexity index is 564. The molecule has 0 saturated carbocycles. The van der Waals surface area contributed by atoms with Crippen LogP contribution in [-0.4, -0.2) is 31.2 Å². The highest BCUT2D eigenvalue weighted by Gasteiger charge is 2.19. The summed E-state index contributed by atoms with van der Waals surface area (Å²) in [4.78, 5) is 9.05. The molecule has 0 atom stereocenters. The third-order valence-corrected chi connectivity index (χ3v) is 4.64. The lowest BCUT2D eigenvalue weighted by atomic mass is 10.2. The zero-order valence-electron chi connectivity index (χ0n) is 10.9. The quantitative estimate of drug-likeness (QED) is 0.810. The van der Waals surface area contributed by atoms with Crippen molar-refractivity contribution in [1.29, 1.82) is 0 Å². The van der Waals surface area contributed by atoms with Crippen molar-refractivity contribution in [3.8, 4) is 0 Å². The molecule has 1 aromatic carbocycles. The van der Waals surface area contributed by atoms with Crippen molar-refractivity contribution in [2.75, 3.05) is 36.0 Å². The van der Waals surface area contributed by atoms with Crippen LogP contribution in [0.1, 0.15) is 5.69 Å². The van der Waals surface area contributed by atoms with Crippen molar-refractivity contribution >= 4 is 33.8 Å². The number of halogens is 2. The van der Waals surface area contributed by atoms with Crippen LogP contribution in [0.4, 0.5) is 15.2 Å². The summed E-state index contributed by atoms with van der Waals surface area (Å²) in [5, 5.41) is 3.05. The minimum atomic E-state index is -0.191. The molecule has 106 valence electrons. The third-order valence-electron chi connectivity index (χ3n) is 3.42. The zero-order chi connectivity index (χ0) is 13.9. The largest absolute Gasteiger partial charge is 0.368 e. The molecule has 0 spiro atoms. The third kappa shape index (κ3) is 2.88. The molecular formula is C14H15ClFN3S. The monoisotopic (exact) mass is 311 g/mol. The number of rotatable bonds is 3. The summed E-state index contributed by atoms with van der Waals surface area (Å²) in [5.41, 5.74) is 2.01. The summed E-state index contributed by atoms with van der Waals surface area (Å²) in [6.07, 6.45) is 0. The first-order valence-electron chi connectivity index (χ1n) is 6.52. The van der Waals surface area contributed by atoms with Crippen molar-refractivity contribution in [3.05, 3.63) is 41.2 Å². The molecule has 1 fully saturated rings. The van der Waals surface area contributed by atoms with E-state index in [2.05, 4.69) is 14.8 Å². The number of thiazole rings is 1. The van der Waals surface area contributed by atoms with Gasteiger partial charge in [-0.05, 0) is 24.3 Å². The lowest BCUT2D eigenvalue weighted by Gasteiger charge is -2.36. The van der Waals surface area contributed by atoms with Gasteiger partial charge in [-0.3, -0.25) is 0 Å². The predicted molar refractivity (Wildman–Crippen MR) is 82.5 cm³/mol. The standard InChI is InChI=1S/C14H15ClFN3S/c15-9-12-10-20-14(17-12)19-7-5-18(6-8-19)13-3-1-11(16)2-4-13/h1-4,10H,5-9H2. The first-order chi connectivity index (χ1) is 9.76. The highest BCUT2D eigenvalue weighted by Crippen LogP contribution is 2.24. The second-order valence-electron chi connectivity index (χ2n) is 4.71. The van der Waals surface area contributed by atoms with Crippen molar-refractivity contribution in [2.45, 2.75) is 5.88 Å². The van der Waals surface area contributed by atoms with E-state index in [4.69, 9.17) is 11.6 Å². The van der Waals surface area contributed by atoms with Crippen LogP contribution in [0.25, 0.3) is 0 Å². The first kappa shape index (κ1) is 13.6. The van der Waals surface area contributed by atoms with Gasteiger partial charge < -0.3 is 9.80 Å². The number of nitrogens with zero attached hydrogens (tertiary/aromatic N) is 3. The van der Waals surface area contributed by atoms with E-state index in [0.717, 1.165) is 42.7 Å². The fourth-order valence-electron chi connectivity index (χ4n) is 2.31. The van der Waals surface area contributed by atoms with Crippen LogP contribution in [0, 0.1) is 5.82 Å². The molecule has 0 amide bonds. The minimum absolute atomic E-state index is 0.191. The number of aromatic nitrogens is 1. The molecule has 0 unspecified atom stereocenters. The molecule has 0 N–H and O–H groups in total. The lowest BCUT2D eigenvalue weighted by molar-refractivity contribution is 0.624. The van der Waals surface area contributed by atoms with E-state index < -0.39 is 0 Å². The molecule has 3 nitrogen and oxygen atoms in total. The van der Waals surface area contributed by atoms with E-state index in [0.29, 0.717) is 5.88 Å². The second-order valence-corrected chi connectivity index (χ2v) is 5.81. The molecule has 0 radical (unpaired) electrons. The van der Waals surface area contributed by atoms with Crippen LogP contribution in [0.2, 0.25) is 0 Å². The van der Waals surface area contributed by atoms with Gasteiger partial charge in [0.15, 0.2) is 5.13 Å². The maximum atomic E-state index is 12.9. The maximum Gasteiger partial charge on any atom is 0.185 e. The topological polar surface area (TPSA) is 19.4 Å². The molecule has 1 saturated heterocycles. The Hall–Kier alpha value is -1.33. The molecule has 3 rings (SSSR count). The number of hydrogen-bond donors (Lipinski definition) is 0. The van der Waals surface area contributed by atoms with Gasteiger partial charge in [0.05, 0.1) is 11.6 Å². The van der Waals surface area contributed by atoms with E-state index in [-0.39, 0.29) is 5.82 Å². The summed E-state index contributed by atoms with van der Waals surface area (Å²) < 4.78 is 12.9. The van der Waals surface area contributed by atoms with Crippen LogP contribution in [0.3, 0.4) is 0 Å². The summed E-state index contributed by atoms with van der Waals surface area (Å²) >= 11 is 7.42. The summed E-state index contributed by atoms with van der Waals surface area (Å²) in [7, 11) is 0. The number of hydrogen-bond acceptors (Lipinski definition) is 4. The average Bonchev–Trinajstić information content (AvgIpc) is 2.97. The molecular weight excluding hydrogens is 297 g/mol. The van der Waals surface area contributed by atoms with Crippen LogP contribution < -0.4 is 9.80 Å². The fraction of sp³-hybridized carbons (Fsp3) is 0.357. The minimum Gasteiger partial charge on any atom is -0.368 e. The smallest absolute Gasteiger partial charge is 0.185 e. The molecule has 2 aromatic rings. The highest BCUT2D eigenvalue weighted by molar-refractivity contribution is 7.13. The van der Waals surface area contributed by atoms with E-state index >= 15 is 0 Å². The molecule has 20 heavy (non-hydrogen) atoms. The van der Waals surface area contributed by atoms with Gasteiger partial charge in [0.25, 0.3) is 0 Å². The molecule has 1 aliphatic heterocycles. The van der Waals surface area contributed by atoms with Gasteiger partial charge in [0, 0.05) is 37.2 Å². The van der Waals surface area contributed by atoms with Gasteiger partial charge in [-0.2, -0.15) is 0 Å². The number of piperazine rings is 1. The van der Waals surface area contributed by atoms with Crippen molar-refractivity contribution < 1.29 is 4.39 Å². The van der Waals surface area contributed by atoms with Gasteiger partial charge in [-0.25, -0.2) is 9.37 Å². The zero-order valence-corrected chi connectivity index (χ0v) is 12.5. The Kier molecular flexibility index (Phi) is 4.08. The van der Waals surface area contributed by atoms with E-state index in [1.54, 1.807) is 11.3 Å². The Labute approximate surface area is 126 Å². The summed E-state index contributed by atoms with van der Waals surface area (Å²) in [5.74, 6) is 0.273. The molecule has 2 heterocycles. The first-order valence-corrected chi connectivity index (χ1v) is 7.93. The van der Waals surface area contributed by atoms with Crippen LogP contribution in [0.5, 0.6) is 0 Å². The average molecular weight is 312 g/mol. The fourth-order valence-corrected chi connectivity index (χ4v) is 3.42. The van der Waals surface area contributed by atoms with Gasteiger partial charge >= 0.3 is 0 Å². The summed E-state index contributed by atoms with van der Waals surface area (Å²) in [6.45, 7) is 3.68. The Morgan fingerprint density at radius 2 is 1.75 bits per heavy atom. The second kappa shape index (κ2) is 5.97. The molecule has 1 aromatic heterocycles.